The predicted octanol–water partition coefficient (Wildman–Crippen LogP) is 3.40. The highest BCUT2D eigenvalue weighted by Crippen LogP contribution is 2.18. The summed E-state index contributed by atoms with van der Waals surface area (Å²) >= 11 is 0. The molecular formula is C15H13FN2O3. The van der Waals surface area contributed by atoms with Crippen LogP contribution in [0, 0.1) is 5.82 Å². The molecule has 2 amide bonds. The van der Waals surface area contributed by atoms with Crippen LogP contribution in [0.4, 0.5) is 20.6 Å². The van der Waals surface area contributed by atoms with Gasteiger partial charge in [-0.05, 0) is 24.3 Å². The van der Waals surface area contributed by atoms with Gasteiger partial charge in [0.05, 0.1) is 5.69 Å². The lowest BCUT2D eigenvalue weighted by molar-refractivity contribution is -0.131. The van der Waals surface area contributed by atoms with Crippen LogP contribution < -0.4 is 15.4 Å². The fourth-order valence-corrected chi connectivity index (χ4v) is 1.65. The fourth-order valence-electron chi connectivity index (χ4n) is 1.65. The van der Waals surface area contributed by atoms with Crippen molar-refractivity contribution >= 4 is 23.4 Å². The Kier molecular flexibility index (Phi) is 4.50. The lowest BCUT2D eigenvalue weighted by atomic mass is 10.3. The largest absolute Gasteiger partial charge is 0.427 e. The van der Waals surface area contributed by atoms with Crippen molar-refractivity contribution in [1.29, 1.82) is 0 Å². The van der Waals surface area contributed by atoms with Gasteiger partial charge in [0, 0.05) is 18.7 Å². The maximum Gasteiger partial charge on any atom is 0.323 e. The molecular weight excluding hydrogens is 275 g/mol. The Morgan fingerprint density at radius 3 is 2.52 bits per heavy atom. The van der Waals surface area contributed by atoms with E-state index in [9.17, 15) is 14.0 Å². The third-order valence-electron chi connectivity index (χ3n) is 2.48. The minimum atomic E-state index is -0.597. The van der Waals surface area contributed by atoms with Gasteiger partial charge in [-0.2, -0.15) is 0 Å². The highest BCUT2D eigenvalue weighted by Gasteiger charge is 2.07. The van der Waals surface area contributed by atoms with Crippen LogP contribution in [0.1, 0.15) is 6.92 Å². The quantitative estimate of drug-likeness (QED) is 0.672. The van der Waals surface area contributed by atoms with Gasteiger partial charge in [0.1, 0.15) is 11.6 Å². The van der Waals surface area contributed by atoms with Crippen molar-refractivity contribution in [3.05, 3.63) is 54.3 Å². The van der Waals surface area contributed by atoms with E-state index < -0.39 is 17.8 Å². The van der Waals surface area contributed by atoms with Gasteiger partial charge in [0.15, 0.2) is 0 Å². The zero-order valence-electron chi connectivity index (χ0n) is 11.2. The molecule has 0 fully saturated rings. The smallest absolute Gasteiger partial charge is 0.323 e. The Morgan fingerprint density at radius 2 is 1.81 bits per heavy atom. The molecule has 0 aromatic heterocycles. The maximum absolute atomic E-state index is 13.4. The van der Waals surface area contributed by atoms with Crippen molar-refractivity contribution in [1.82, 2.24) is 0 Å². The molecule has 0 unspecified atom stereocenters. The number of amides is 2. The number of ether oxygens (including phenoxy) is 1. The van der Waals surface area contributed by atoms with Gasteiger partial charge in [-0.15, -0.1) is 0 Å². The number of rotatable bonds is 3. The molecule has 0 aliphatic rings. The van der Waals surface area contributed by atoms with Crippen molar-refractivity contribution in [2.75, 3.05) is 10.6 Å². The zero-order valence-corrected chi connectivity index (χ0v) is 11.2. The molecule has 0 heterocycles. The number of benzene rings is 2. The summed E-state index contributed by atoms with van der Waals surface area (Å²) in [6.45, 7) is 1.28. The molecule has 5 nitrogen and oxygen atoms in total. The number of carbonyl (C=O) groups is 2. The molecule has 108 valence electrons. The molecule has 0 atom stereocenters. The maximum atomic E-state index is 13.4. The van der Waals surface area contributed by atoms with Crippen LogP contribution in [-0.4, -0.2) is 12.0 Å². The first kappa shape index (κ1) is 14.5. The summed E-state index contributed by atoms with van der Waals surface area (Å²) in [7, 11) is 0. The van der Waals surface area contributed by atoms with Gasteiger partial charge in [-0.3, -0.25) is 4.79 Å². The number of halogens is 1. The molecule has 0 aliphatic carbocycles. The molecule has 0 radical (unpaired) electrons. The highest BCUT2D eigenvalue weighted by molar-refractivity contribution is 5.99. The first-order valence-electron chi connectivity index (χ1n) is 6.15. The first-order chi connectivity index (χ1) is 10.0. The predicted molar refractivity (Wildman–Crippen MR) is 76.8 cm³/mol. The lowest BCUT2D eigenvalue weighted by Crippen LogP contribution is -2.20. The second kappa shape index (κ2) is 6.51. The molecule has 2 aromatic rings. The van der Waals surface area contributed by atoms with Crippen LogP contribution in [-0.2, 0) is 4.79 Å². The van der Waals surface area contributed by atoms with Crippen LogP contribution >= 0.6 is 0 Å². The van der Waals surface area contributed by atoms with Crippen LogP contribution in [0.5, 0.6) is 5.75 Å². The number of carbonyl (C=O) groups excluding carboxylic acids is 2. The van der Waals surface area contributed by atoms with Gasteiger partial charge < -0.3 is 15.4 Å². The number of anilines is 2. The molecule has 0 aliphatic heterocycles. The Balaban J connectivity index is 2.03. The van der Waals surface area contributed by atoms with E-state index >= 15 is 0 Å². The number of urea groups is 1. The van der Waals surface area contributed by atoms with Crippen LogP contribution in [0.3, 0.4) is 0 Å². The third-order valence-corrected chi connectivity index (χ3v) is 2.48. The number of para-hydroxylation sites is 1. The minimum Gasteiger partial charge on any atom is -0.427 e. The van der Waals surface area contributed by atoms with Crippen molar-refractivity contribution in [3.63, 3.8) is 0 Å². The number of hydrogen-bond donors (Lipinski definition) is 2. The normalized spacial score (nSPS) is 9.81. The van der Waals surface area contributed by atoms with Gasteiger partial charge in [0.25, 0.3) is 0 Å². The summed E-state index contributed by atoms with van der Waals surface area (Å²) in [5, 5.41) is 4.91. The Bertz CT molecular complexity index is 673. The molecule has 0 spiro atoms. The van der Waals surface area contributed by atoms with Crippen molar-refractivity contribution in [2.45, 2.75) is 6.92 Å². The molecule has 2 aromatic carbocycles. The van der Waals surface area contributed by atoms with E-state index in [1.54, 1.807) is 24.3 Å². The SMILES string of the molecule is CC(=O)Oc1cccc(NC(=O)Nc2ccccc2F)c1. The Labute approximate surface area is 120 Å². The van der Waals surface area contributed by atoms with Crippen LogP contribution in [0.15, 0.2) is 48.5 Å². The topological polar surface area (TPSA) is 67.4 Å². The van der Waals surface area contributed by atoms with E-state index in [0.717, 1.165) is 0 Å². The number of hydrogen-bond acceptors (Lipinski definition) is 3. The first-order valence-corrected chi connectivity index (χ1v) is 6.15. The fraction of sp³-hybridized carbons (Fsp3) is 0.0667. The van der Waals surface area contributed by atoms with Gasteiger partial charge in [0.2, 0.25) is 0 Å². The minimum absolute atomic E-state index is 0.0751. The summed E-state index contributed by atoms with van der Waals surface area (Å²) in [5.74, 6) is -0.671. The average Bonchev–Trinajstić information content (AvgIpc) is 2.41. The van der Waals surface area contributed by atoms with Crippen LogP contribution in [0.25, 0.3) is 0 Å². The summed E-state index contributed by atoms with van der Waals surface area (Å²) in [5.41, 5.74) is 0.494. The molecule has 21 heavy (non-hydrogen) atoms. The van der Waals surface area contributed by atoms with Crippen molar-refractivity contribution in [3.8, 4) is 5.75 Å². The second-order valence-corrected chi connectivity index (χ2v) is 4.18. The molecule has 0 saturated heterocycles. The van der Waals surface area contributed by atoms with E-state index in [1.807, 2.05) is 0 Å². The van der Waals surface area contributed by atoms with Gasteiger partial charge in [-0.1, -0.05) is 18.2 Å². The highest BCUT2D eigenvalue weighted by atomic mass is 19.1. The molecule has 0 saturated carbocycles. The Morgan fingerprint density at radius 1 is 1.05 bits per heavy atom. The average molecular weight is 288 g/mol. The summed E-state index contributed by atoms with van der Waals surface area (Å²) in [4.78, 5) is 22.6. The Hall–Kier alpha value is -2.89. The second-order valence-electron chi connectivity index (χ2n) is 4.18. The number of esters is 1. The van der Waals surface area contributed by atoms with E-state index in [1.165, 1.54) is 31.2 Å². The molecule has 2 N–H and O–H groups in total. The lowest BCUT2D eigenvalue weighted by Gasteiger charge is -2.09. The van der Waals surface area contributed by atoms with Gasteiger partial charge >= 0.3 is 12.0 Å². The van der Waals surface area contributed by atoms with Crippen LogP contribution in [0.2, 0.25) is 0 Å². The van der Waals surface area contributed by atoms with E-state index in [0.29, 0.717) is 11.4 Å². The van der Waals surface area contributed by atoms with Gasteiger partial charge in [-0.25, -0.2) is 9.18 Å². The summed E-state index contributed by atoms with van der Waals surface area (Å²) in [6.07, 6.45) is 0. The molecule has 2 rings (SSSR count). The monoisotopic (exact) mass is 288 g/mol. The summed E-state index contributed by atoms with van der Waals surface area (Å²) in [6, 6.07) is 11.6. The summed E-state index contributed by atoms with van der Waals surface area (Å²) < 4.78 is 18.3. The molecule has 6 heteroatoms. The third kappa shape index (κ3) is 4.31. The van der Waals surface area contributed by atoms with Crippen molar-refractivity contribution < 1.29 is 18.7 Å². The van der Waals surface area contributed by atoms with Crippen molar-refractivity contribution in [2.24, 2.45) is 0 Å². The van der Waals surface area contributed by atoms with E-state index in [-0.39, 0.29) is 5.69 Å². The number of nitrogens with one attached hydrogen (secondary N) is 2. The zero-order chi connectivity index (χ0) is 15.2. The van der Waals surface area contributed by atoms with E-state index in [4.69, 9.17) is 4.74 Å². The molecule has 0 bridgehead atoms. The van der Waals surface area contributed by atoms with E-state index in [2.05, 4.69) is 10.6 Å². The standard InChI is InChI=1S/C15H13FN2O3/c1-10(19)21-12-6-4-5-11(9-12)17-15(20)18-14-8-3-2-7-13(14)16/h2-9H,1H3,(H2,17,18,20).